The maximum atomic E-state index is 12.7. The maximum absolute atomic E-state index is 12.7. The summed E-state index contributed by atoms with van der Waals surface area (Å²) in [5.41, 5.74) is 2.92. The lowest BCUT2D eigenvalue weighted by atomic mass is 10.2. The first-order valence-corrected chi connectivity index (χ1v) is 10.1. The van der Waals surface area contributed by atoms with Gasteiger partial charge < -0.3 is 10.1 Å². The largest absolute Gasteiger partial charge is 0.481 e. The van der Waals surface area contributed by atoms with Gasteiger partial charge in [0.1, 0.15) is 11.6 Å². The Balaban J connectivity index is 1.59. The van der Waals surface area contributed by atoms with E-state index in [1.165, 1.54) is 0 Å². The molecule has 1 aromatic heterocycles. The molecule has 0 spiro atoms. The molecule has 1 aliphatic heterocycles. The predicted octanol–water partition coefficient (Wildman–Crippen LogP) is 4.68. The summed E-state index contributed by atoms with van der Waals surface area (Å²) in [5.74, 6) is 2.81. The molecule has 1 aliphatic rings. The van der Waals surface area contributed by atoms with Crippen molar-refractivity contribution in [2.45, 2.75) is 24.5 Å². The summed E-state index contributed by atoms with van der Waals surface area (Å²) in [4.78, 5) is 12.7. The second-order valence-electron chi connectivity index (χ2n) is 6.22. The van der Waals surface area contributed by atoms with Gasteiger partial charge in [-0.25, -0.2) is 4.68 Å². The van der Waals surface area contributed by atoms with Gasteiger partial charge in [-0.15, -0.1) is 0 Å². The molecule has 0 saturated carbocycles. The number of fused-ring (bicyclic) bond motifs is 1. The minimum absolute atomic E-state index is 0.214. The number of ether oxygens (including phenoxy) is 1. The molecule has 0 radical (unpaired) electrons. The molecule has 27 heavy (non-hydrogen) atoms. The lowest BCUT2D eigenvalue weighted by molar-refractivity contribution is -0.122. The van der Waals surface area contributed by atoms with Crippen molar-refractivity contribution in [3.05, 3.63) is 70.9 Å². The van der Waals surface area contributed by atoms with E-state index in [-0.39, 0.29) is 5.91 Å². The number of para-hydroxylation sites is 1. The standard InChI is InChI=1S/C20H18ClN3O2S/c1-13(26-16-5-3-2-4-6-16)20(25)22-19-17-11-27-12-18(17)23-24(19)15-9-7-14(21)8-10-15/h2-10,13H,11-12H2,1H3,(H,22,25). The van der Waals surface area contributed by atoms with Crippen LogP contribution >= 0.6 is 23.4 Å². The van der Waals surface area contributed by atoms with Crippen molar-refractivity contribution >= 4 is 35.1 Å². The van der Waals surface area contributed by atoms with E-state index in [0.29, 0.717) is 16.6 Å². The van der Waals surface area contributed by atoms with Crippen LogP contribution in [0.5, 0.6) is 5.75 Å². The van der Waals surface area contributed by atoms with Gasteiger partial charge in [0.2, 0.25) is 0 Å². The van der Waals surface area contributed by atoms with Crippen LogP contribution in [0.1, 0.15) is 18.2 Å². The van der Waals surface area contributed by atoms with Gasteiger partial charge in [-0.2, -0.15) is 16.9 Å². The second-order valence-corrected chi connectivity index (χ2v) is 7.64. The minimum atomic E-state index is -0.634. The third-order valence-corrected chi connectivity index (χ3v) is 5.51. The SMILES string of the molecule is CC(Oc1ccccc1)C(=O)Nc1c2c(nn1-c1ccc(Cl)cc1)CSC2. The lowest BCUT2D eigenvalue weighted by Crippen LogP contribution is -2.31. The van der Waals surface area contributed by atoms with Crippen LogP contribution in [0.4, 0.5) is 5.82 Å². The van der Waals surface area contributed by atoms with E-state index in [2.05, 4.69) is 10.4 Å². The number of aromatic nitrogens is 2. The molecule has 4 rings (SSSR count). The van der Waals surface area contributed by atoms with Gasteiger partial charge in [-0.3, -0.25) is 4.79 Å². The first-order valence-electron chi connectivity index (χ1n) is 8.59. The molecule has 0 fully saturated rings. The number of halogens is 1. The van der Waals surface area contributed by atoms with Crippen LogP contribution in [-0.2, 0) is 16.3 Å². The zero-order chi connectivity index (χ0) is 18.8. The zero-order valence-electron chi connectivity index (χ0n) is 14.7. The number of nitrogens with one attached hydrogen (secondary N) is 1. The molecule has 2 aromatic carbocycles. The number of hydrogen-bond acceptors (Lipinski definition) is 4. The molecule has 1 N–H and O–H groups in total. The minimum Gasteiger partial charge on any atom is -0.481 e. The molecule has 138 valence electrons. The summed E-state index contributed by atoms with van der Waals surface area (Å²) in [6.07, 6.45) is -0.634. The summed E-state index contributed by atoms with van der Waals surface area (Å²) < 4.78 is 7.51. The van der Waals surface area contributed by atoms with Crippen molar-refractivity contribution in [3.8, 4) is 11.4 Å². The Hall–Kier alpha value is -2.44. The van der Waals surface area contributed by atoms with E-state index in [9.17, 15) is 4.79 Å². The molecular weight excluding hydrogens is 382 g/mol. The molecule has 3 aromatic rings. The first kappa shape index (κ1) is 17.9. The van der Waals surface area contributed by atoms with Crippen LogP contribution in [-0.4, -0.2) is 21.8 Å². The lowest BCUT2D eigenvalue weighted by Gasteiger charge is -2.16. The highest BCUT2D eigenvalue weighted by Crippen LogP contribution is 2.36. The summed E-state index contributed by atoms with van der Waals surface area (Å²) in [5, 5.41) is 8.36. The quantitative estimate of drug-likeness (QED) is 0.676. The van der Waals surface area contributed by atoms with Crippen LogP contribution in [0.2, 0.25) is 5.02 Å². The molecule has 2 heterocycles. The Kier molecular flexibility index (Phi) is 5.09. The van der Waals surface area contributed by atoms with Crippen molar-refractivity contribution in [3.63, 3.8) is 0 Å². The van der Waals surface area contributed by atoms with Crippen LogP contribution in [0.25, 0.3) is 5.69 Å². The van der Waals surface area contributed by atoms with Gasteiger partial charge in [0.05, 0.1) is 11.4 Å². The van der Waals surface area contributed by atoms with Gasteiger partial charge in [0.25, 0.3) is 5.91 Å². The number of benzene rings is 2. The van der Waals surface area contributed by atoms with Crippen LogP contribution in [0.15, 0.2) is 54.6 Å². The normalized spacial score (nSPS) is 13.9. The van der Waals surface area contributed by atoms with Gasteiger partial charge in [0.15, 0.2) is 6.10 Å². The van der Waals surface area contributed by atoms with Gasteiger partial charge >= 0.3 is 0 Å². The maximum Gasteiger partial charge on any atom is 0.266 e. The number of carbonyl (C=O) groups excluding carboxylic acids is 1. The van der Waals surface area contributed by atoms with E-state index >= 15 is 0 Å². The zero-order valence-corrected chi connectivity index (χ0v) is 16.3. The van der Waals surface area contributed by atoms with Crippen molar-refractivity contribution in [2.24, 2.45) is 0 Å². The first-order chi connectivity index (χ1) is 13.1. The highest BCUT2D eigenvalue weighted by Gasteiger charge is 2.26. The molecule has 5 nitrogen and oxygen atoms in total. The molecule has 7 heteroatoms. The second kappa shape index (κ2) is 7.66. The molecular formula is C20H18ClN3O2S. The summed E-state index contributed by atoms with van der Waals surface area (Å²) in [7, 11) is 0. The highest BCUT2D eigenvalue weighted by molar-refractivity contribution is 7.98. The molecule has 0 saturated heterocycles. The Bertz CT molecular complexity index is 957. The topological polar surface area (TPSA) is 56.1 Å². The van der Waals surface area contributed by atoms with Crippen LogP contribution in [0.3, 0.4) is 0 Å². The number of rotatable bonds is 5. The fraction of sp³-hybridized carbons (Fsp3) is 0.200. The predicted molar refractivity (Wildman–Crippen MR) is 109 cm³/mol. The average Bonchev–Trinajstić information content (AvgIpc) is 3.26. The Morgan fingerprint density at radius 2 is 1.93 bits per heavy atom. The van der Waals surface area contributed by atoms with E-state index in [0.717, 1.165) is 28.5 Å². The van der Waals surface area contributed by atoms with E-state index < -0.39 is 6.10 Å². The highest BCUT2D eigenvalue weighted by atomic mass is 35.5. The number of thioether (sulfide) groups is 1. The monoisotopic (exact) mass is 399 g/mol. The fourth-order valence-corrected chi connectivity index (χ4v) is 4.05. The molecule has 0 bridgehead atoms. The summed E-state index contributed by atoms with van der Waals surface area (Å²) in [6.45, 7) is 1.74. The average molecular weight is 400 g/mol. The van der Waals surface area contributed by atoms with Crippen molar-refractivity contribution in [2.75, 3.05) is 5.32 Å². The van der Waals surface area contributed by atoms with Crippen LogP contribution < -0.4 is 10.1 Å². The number of nitrogens with zero attached hydrogens (tertiary/aromatic N) is 2. The van der Waals surface area contributed by atoms with Crippen molar-refractivity contribution < 1.29 is 9.53 Å². The van der Waals surface area contributed by atoms with Gasteiger partial charge in [0, 0.05) is 22.1 Å². The molecule has 1 atom stereocenters. The van der Waals surface area contributed by atoms with Crippen molar-refractivity contribution in [1.29, 1.82) is 0 Å². The third-order valence-electron chi connectivity index (χ3n) is 4.29. The number of hydrogen-bond donors (Lipinski definition) is 1. The summed E-state index contributed by atoms with van der Waals surface area (Å²) >= 11 is 7.79. The van der Waals surface area contributed by atoms with E-state index in [4.69, 9.17) is 16.3 Å². The Morgan fingerprint density at radius 3 is 2.67 bits per heavy atom. The Morgan fingerprint density at radius 1 is 1.19 bits per heavy atom. The summed E-state index contributed by atoms with van der Waals surface area (Å²) in [6, 6.07) is 16.7. The number of anilines is 1. The number of amides is 1. The molecule has 1 amide bonds. The number of carbonyl (C=O) groups is 1. The molecule has 1 unspecified atom stereocenters. The Labute approximate surface area is 166 Å². The van der Waals surface area contributed by atoms with Crippen molar-refractivity contribution in [1.82, 2.24) is 9.78 Å². The molecule has 0 aliphatic carbocycles. The third kappa shape index (κ3) is 3.82. The fourth-order valence-electron chi connectivity index (χ4n) is 2.89. The van der Waals surface area contributed by atoms with Gasteiger partial charge in [-0.1, -0.05) is 29.8 Å². The smallest absolute Gasteiger partial charge is 0.266 e. The van der Waals surface area contributed by atoms with Crippen LogP contribution in [0, 0.1) is 0 Å². The van der Waals surface area contributed by atoms with Gasteiger partial charge in [-0.05, 0) is 43.3 Å². The van der Waals surface area contributed by atoms with E-state index in [1.807, 2.05) is 54.6 Å². The van der Waals surface area contributed by atoms with E-state index in [1.54, 1.807) is 23.4 Å².